The van der Waals surface area contributed by atoms with Crippen molar-refractivity contribution in [1.82, 2.24) is 0 Å². The van der Waals surface area contributed by atoms with Gasteiger partial charge in [0.05, 0.1) is 0 Å². The number of anilines is 2. The molecular weight excluding hydrogens is 254 g/mol. The Labute approximate surface area is 126 Å². The number of nitrogens with zero attached hydrogens (tertiary/aromatic N) is 1. The van der Waals surface area contributed by atoms with E-state index in [1.54, 1.807) is 0 Å². The SMILES string of the molecule is Cc1cc(C)c(N(C)c2cccc3ccccc23)c(C)c1. The minimum Gasteiger partial charge on any atom is -0.344 e. The van der Waals surface area contributed by atoms with Gasteiger partial charge in [0.25, 0.3) is 0 Å². The first-order valence-electron chi connectivity index (χ1n) is 7.37. The summed E-state index contributed by atoms with van der Waals surface area (Å²) in [6.07, 6.45) is 0. The Bertz CT molecular complexity index is 774. The number of fused-ring (bicyclic) bond motifs is 1. The molecule has 21 heavy (non-hydrogen) atoms. The summed E-state index contributed by atoms with van der Waals surface area (Å²) in [5, 5.41) is 2.58. The monoisotopic (exact) mass is 275 g/mol. The molecular formula is C20H21N. The van der Waals surface area contributed by atoms with E-state index in [9.17, 15) is 0 Å². The van der Waals surface area contributed by atoms with E-state index in [2.05, 4.69) is 87.3 Å². The maximum Gasteiger partial charge on any atom is 0.0487 e. The van der Waals surface area contributed by atoms with Gasteiger partial charge < -0.3 is 4.90 Å². The molecule has 0 aliphatic rings. The Morgan fingerprint density at radius 3 is 2.10 bits per heavy atom. The normalized spacial score (nSPS) is 10.9. The van der Waals surface area contributed by atoms with Crippen LogP contribution in [0.25, 0.3) is 10.8 Å². The van der Waals surface area contributed by atoms with Crippen LogP contribution < -0.4 is 4.90 Å². The quantitative estimate of drug-likeness (QED) is 0.594. The topological polar surface area (TPSA) is 3.24 Å². The van der Waals surface area contributed by atoms with Crippen LogP contribution in [0.1, 0.15) is 16.7 Å². The van der Waals surface area contributed by atoms with E-state index >= 15 is 0 Å². The van der Waals surface area contributed by atoms with Crippen LogP contribution in [0.3, 0.4) is 0 Å². The molecule has 0 aromatic heterocycles. The van der Waals surface area contributed by atoms with Gasteiger partial charge in [0.2, 0.25) is 0 Å². The van der Waals surface area contributed by atoms with Crippen molar-refractivity contribution in [2.24, 2.45) is 0 Å². The summed E-state index contributed by atoms with van der Waals surface area (Å²) >= 11 is 0. The first kappa shape index (κ1) is 13.7. The van der Waals surface area contributed by atoms with Gasteiger partial charge in [-0.15, -0.1) is 0 Å². The molecule has 3 rings (SSSR count). The Morgan fingerprint density at radius 1 is 0.762 bits per heavy atom. The van der Waals surface area contributed by atoms with Crippen LogP contribution in [0.5, 0.6) is 0 Å². The molecule has 0 amide bonds. The van der Waals surface area contributed by atoms with Crippen molar-refractivity contribution in [3.8, 4) is 0 Å². The molecule has 3 aromatic rings. The van der Waals surface area contributed by atoms with E-state index in [1.807, 2.05) is 0 Å². The molecule has 0 fully saturated rings. The summed E-state index contributed by atoms with van der Waals surface area (Å²) in [6.45, 7) is 6.54. The van der Waals surface area contributed by atoms with Gasteiger partial charge in [0.1, 0.15) is 0 Å². The Kier molecular flexibility index (Phi) is 3.42. The standard InChI is InChI=1S/C20H21N/c1-14-12-15(2)20(16(3)13-14)21(4)19-11-7-9-17-8-5-6-10-18(17)19/h5-13H,1-4H3. The number of aryl methyl sites for hydroxylation is 3. The van der Waals surface area contributed by atoms with Gasteiger partial charge in [-0.2, -0.15) is 0 Å². The van der Waals surface area contributed by atoms with E-state index < -0.39 is 0 Å². The summed E-state index contributed by atoms with van der Waals surface area (Å²) in [6, 6.07) is 19.6. The Balaban J connectivity index is 2.20. The van der Waals surface area contributed by atoms with E-state index in [-0.39, 0.29) is 0 Å². The molecule has 1 heteroatoms. The first-order chi connectivity index (χ1) is 10.1. The van der Waals surface area contributed by atoms with Crippen molar-refractivity contribution in [2.75, 3.05) is 11.9 Å². The number of hydrogen-bond donors (Lipinski definition) is 0. The van der Waals surface area contributed by atoms with E-state index in [1.165, 1.54) is 38.8 Å². The van der Waals surface area contributed by atoms with E-state index in [0.29, 0.717) is 0 Å². The zero-order valence-electron chi connectivity index (χ0n) is 13.1. The molecule has 1 nitrogen and oxygen atoms in total. The predicted octanol–water partition coefficient (Wildman–Crippen LogP) is 5.53. The highest BCUT2D eigenvalue weighted by Crippen LogP contribution is 2.35. The molecule has 0 bridgehead atoms. The van der Waals surface area contributed by atoms with Crippen LogP contribution in [0.15, 0.2) is 54.6 Å². The van der Waals surface area contributed by atoms with Gasteiger partial charge in [0.15, 0.2) is 0 Å². The van der Waals surface area contributed by atoms with Crippen molar-refractivity contribution in [3.63, 3.8) is 0 Å². The smallest absolute Gasteiger partial charge is 0.0487 e. The third-order valence-corrected chi connectivity index (χ3v) is 4.10. The van der Waals surface area contributed by atoms with Gasteiger partial charge in [-0.05, 0) is 43.4 Å². The second-order valence-electron chi connectivity index (χ2n) is 5.80. The summed E-state index contributed by atoms with van der Waals surface area (Å²) in [7, 11) is 2.16. The van der Waals surface area contributed by atoms with Gasteiger partial charge >= 0.3 is 0 Å². The molecule has 0 radical (unpaired) electrons. The molecule has 0 heterocycles. The maximum atomic E-state index is 2.31. The molecule has 0 saturated carbocycles. The minimum absolute atomic E-state index is 1.25. The second kappa shape index (κ2) is 5.25. The molecule has 0 atom stereocenters. The number of rotatable bonds is 2. The highest BCUT2D eigenvalue weighted by Gasteiger charge is 2.12. The number of hydrogen-bond acceptors (Lipinski definition) is 1. The maximum absolute atomic E-state index is 2.31. The van der Waals surface area contributed by atoms with Crippen LogP contribution in [0.2, 0.25) is 0 Å². The predicted molar refractivity (Wildman–Crippen MR) is 92.7 cm³/mol. The lowest BCUT2D eigenvalue weighted by atomic mass is 10.0. The fraction of sp³-hybridized carbons (Fsp3) is 0.200. The van der Waals surface area contributed by atoms with Crippen molar-refractivity contribution >= 4 is 22.1 Å². The van der Waals surface area contributed by atoms with Crippen molar-refractivity contribution in [3.05, 3.63) is 71.3 Å². The van der Waals surface area contributed by atoms with Crippen molar-refractivity contribution in [1.29, 1.82) is 0 Å². The average molecular weight is 275 g/mol. The number of benzene rings is 3. The molecule has 0 N–H and O–H groups in total. The summed E-state index contributed by atoms with van der Waals surface area (Å²) in [5.41, 5.74) is 6.52. The zero-order valence-corrected chi connectivity index (χ0v) is 13.1. The highest BCUT2D eigenvalue weighted by molar-refractivity contribution is 5.96. The molecule has 0 saturated heterocycles. The lowest BCUT2D eigenvalue weighted by Crippen LogP contribution is -2.13. The molecule has 0 unspecified atom stereocenters. The third-order valence-electron chi connectivity index (χ3n) is 4.10. The fourth-order valence-electron chi connectivity index (χ4n) is 3.32. The van der Waals surface area contributed by atoms with Crippen LogP contribution in [0, 0.1) is 20.8 Å². The molecule has 0 spiro atoms. The molecule has 0 aliphatic heterocycles. The molecule has 0 aliphatic carbocycles. The van der Waals surface area contributed by atoms with Gasteiger partial charge in [-0.1, -0.05) is 54.1 Å². The zero-order chi connectivity index (χ0) is 15.0. The fourth-order valence-corrected chi connectivity index (χ4v) is 3.32. The van der Waals surface area contributed by atoms with Gasteiger partial charge in [-0.3, -0.25) is 0 Å². The van der Waals surface area contributed by atoms with Crippen LogP contribution in [0.4, 0.5) is 11.4 Å². The lowest BCUT2D eigenvalue weighted by Gasteiger charge is -2.25. The van der Waals surface area contributed by atoms with Crippen LogP contribution in [-0.4, -0.2) is 7.05 Å². The summed E-state index contributed by atoms with van der Waals surface area (Å²) < 4.78 is 0. The molecule has 106 valence electrons. The second-order valence-corrected chi connectivity index (χ2v) is 5.80. The average Bonchev–Trinajstić information content (AvgIpc) is 2.45. The molecule has 3 aromatic carbocycles. The third kappa shape index (κ3) is 2.40. The van der Waals surface area contributed by atoms with Gasteiger partial charge in [-0.25, -0.2) is 0 Å². The Hall–Kier alpha value is -2.28. The summed E-state index contributed by atoms with van der Waals surface area (Å²) in [5.74, 6) is 0. The largest absolute Gasteiger partial charge is 0.344 e. The Morgan fingerprint density at radius 2 is 1.38 bits per heavy atom. The van der Waals surface area contributed by atoms with Crippen LogP contribution in [-0.2, 0) is 0 Å². The minimum atomic E-state index is 1.25. The van der Waals surface area contributed by atoms with E-state index in [0.717, 1.165) is 0 Å². The van der Waals surface area contributed by atoms with Crippen LogP contribution >= 0.6 is 0 Å². The first-order valence-corrected chi connectivity index (χ1v) is 7.37. The van der Waals surface area contributed by atoms with Gasteiger partial charge in [0, 0.05) is 23.8 Å². The summed E-state index contributed by atoms with van der Waals surface area (Å²) in [4.78, 5) is 2.31. The van der Waals surface area contributed by atoms with E-state index in [4.69, 9.17) is 0 Å². The van der Waals surface area contributed by atoms with Crippen molar-refractivity contribution in [2.45, 2.75) is 20.8 Å². The lowest BCUT2D eigenvalue weighted by molar-refractivity contribution is 1.16. The van der Waals surface area contributed by atoms with Crippen molar-refractivity contribution < 1.29 is 0 Å². The highest BCUT2D eigenvalue weighted by atomic mass is 15.1.